The summed E-state index contributed by atoms with van der Waals surface area (Å²) in [6.45, 7) is 0. The van der Waals surface area contributed by atoms with Crippen molar-refractivity contribution in [2.45, 2.75) is 12.8 Å². The standard InChI is InChI=1S/C16H18BrOP/c17-13-7-8-14-19(18,15-9-3-1-4-10-15)16-11-5-2-6-12-16/h1-6,9-12H,7-8,13-14H2. The summed E-state index contributed by atoms with van der Waals surface area (Å²) in [6, 6.07) is 19.8. The number of hydrogen-bond donors (Lipinski definition) is 0. The second kappa shape index (κ2) is 7.07. The van der Waals surface area contributed by atoms with Crippen LogP contribution in [0.3, 0.4) is 0 Å². The highest BCUT2D eigenvalue weighted by Crippen LogP contribution is 2.44. The van der Waals surface area contributed by atoms with Gasteiger partial charge in [0.2, 0.25) is 0 Å². The Kier molecular flexibility index (Phi) is 5.42. The van der Waals surface area contributed by atoms with Crippen LogP contribution in [0, 0.1) is 0 Å². The largest absolute Gasteiger partial charge is 0.314 e. The van der Waals surface area contributed by atoms with Crippen LogP contribution in [-0.4, -0.2) is 11.5 Å². The molecule has 0 aliphatic carbocycles. The van der Waals surface area contributed by atoms with E-state index in [9.17, 15) is 4.57 Å². The van der Waals surface area contributed by atoms with Gasteiger partial charge in [-0.25, -0.2) is 0 Å². The predicted molar refractivity (Wildman–Crippen MR) is 87.7 cm³/mol. The molecule has 0 unspecified atom stereocenters. The molecule has 19 heavy (non-hydrogen) atoms. The number of halogens is 1. The first-order valence-corrected chi connectivity index (χ1v) is 9.55. The molecule has 3 heteroatoms. The van der Waals surface area contributed by atoms with Gasteiger partial charge in [-0.05, 0) is 12.8 Å². The van der Waals surface area contributed by atoms with Crippen LogP contribution in [0.25, 0.3) is 0 Å². The monoisotopic (exact) mass is 336 g/mol. The van der Waals surface area contributed by atoms with E-state index in [-0.39, 0.29) is 0 Å². The third kappa shape index (κ3) is 3.58. The molecule has 0 bridgehead atoms. The van der Waals surface area contributed by atoms with Crippen molar-refractivity contribution in [3.63, 3.8) is 0 Å². The Morgan fingerprint density at radius 3 is 1.68 bits per heavy atom. The van der Waals surface area contributed by atoms with Crippen LogP contribution in [0.2, 0.25) is 0 Å². The van der Waals surface area contributed by atoms with Crippen LogP contribution in [0.1, 0.15) is 12.8 Å². The Morgan fingerprint density at radius 2 is 1.26 bits per heavy atom. The Bertz CT molecular complexity index is 496. The highest BCUT2D eigenvalue weighted by molar-refractivity contribution is 9.09. The number of unbranched alkanes of at least 4 members (excludes halogenated alkanes) is 1. The van der Waals surface area contributed by atoms with Crippen molar-refractivity contribution < 1.29 is 4.57 Å². The first-order chi connectivity index (χ1) is 9.27. The first kappa shape index (κ1) is 14.6. The molecule has 0 aromatic heterocycles. The van der Waals surface area contributed by atoms with E-state index < -0.39 is 7.14 Å². The zero-order chi connectivity index (χ0) is 13.6. The molecule has 0 saturated heterocycles. The van der Waals surface area contributed by atoms with Gasteiger partial charge in [0.1, 0.15) is 7.14 Å². The van der Waals surface area contributed by atoms with Gasteiger partial charge in [0.15, 0.2) is 0 Å². The van der Waals surface area contributed by atoms with Gasteiger partial charge in [-0.3, -0.25) is 0 Å². The predicted octanol–water partition coefficient (Wildman–Crippen LogP) is 4.18. The zero-order valence-electron chi connectivity index (χ0n) is 10.8. The lowest BCUT2D eigenvalue weighted by Crippen LogP contribution is -2.18. The second-order valence-corrected chi connectivity index (χ2v) is 8.28. The third-order valence-electron chi connectivity index (χ3n) is 3.20. The molecule has 0 atom stereocenters. The molecule has 0 radical (unpaired) electrons. The van der Waals surface area contributed by atoms with Crippen LogP contribution < -0.4 is 10.6 Å². The van der Waals surface area contributed by atoms with E-state index >= 15 is 0 Å². The first-order valence-electron chi connectivity index (χ1n) is 6.53. The summed E-state index contributed by atoms with van der Waals surface area (Å²) in [7, 11) is -2.47. The molecule has 100 valence electrons. The number of hydrogen-bond acceptors (Lipinski definition) is 1. The maximum Gasteiger partial charge on any atom is 0.143 e. The number of benzene rings is 2. The van der Waals surface area contributed by atoms with Crippen molar-refractivity contribution in [3.8, 4) is 0 Å². The van der Waals surface area contributed by atoms with Crippen molar-refractivity contribution in [2.75, 3.05) is 11.5 Å². The summed E-state index contributed by atoms with van der Waals surface area (Å²) in [5.74, 6) is 0. The molecule has 0 saturated carbocycles. The van der Waals surface area contributed by atoms with Crippen LogP contribution in [0.4, 0.5) is 0 Å². The van der Waals surface area contributed by atoms with E-state index in [1.54, 1.807) is 0 Å². The fourth-order valence-electron chi connectivity index (χ4n) is 2.17. The quantitative estimate of drug-likeness (QED) is 0.439. The Balaban J connectivity index is 2.36. The minimum atomic E-state index is -2.47. The summed E-state index contributed by atoms with van der Waals surface area (Å²) in [5, 5.41) is 2.91. The van der Waals surface area contributed by atoms with Gasteiger partial charge >= 0.3 is 0 Å². The van der Waals surface area contributed by atoms with E-state index in [2.05, 4.69) is 15.9 Å². The SMILES string of the molecule is O=P(CCCCBr)(c1ccccc1)c1ccccc1. The lowest BCUT2D eigenvalue weighted by molar-refractivity contribution is 0.585. The highest BCUT2D eigenvalue weighted by Gasteiger charge is 2.25. The minimum Gasteiger partial charge on any atom is -0.314 e. The van der Waals surface area contributed by atoms with Crippen LogP contribution >= 0.6 is 23.1 Å². The third-order valence-corrected chi connectivity index (χ3v) is 6.97. The normalized spacial score (nSPS) is 11.4. The van der Waals surface area contributed by atoms with Gasteiger partial charge in [-0.1, -0.05) is 76.6 Å². The van der Waals surface area contributed by atoms with Gasteiger partial charge in [0, 0.05) is 22.1 Å². The summed E-state index contributed by atoms with van der Waals surface area (Å²) in [6.07, 6.45) is 2.78. The van der Waals surface area contributed by atoms with Gasteiger partial charge in [0.05, 0.1) is 0 Å². The van der Waals surface area contributed by atoms with Crippen LogP contribution in [0.5, 0.6) is 0 Å². The number of rotatable bonds is 6. The summed E-state index contributed by atoms with van der Waals surface area (Å²) in [5.41, 5.74) is 0. The van der Waals surface area contributed by atoms with Crippen LogP contribution in [-0.2, 0) is 4.57 Å². The molecular formula is C16H18BrOP. The smallest absolute Gasteiger partial charge is 0.143 e. The average Bonchev–Trinajstić information content (AvgIpc) is 2.49. The lowest BCUT2D eigenvalue weighted by Gasteiger charge is -2.19. The maximum atomic E-state index is 13.5. The topological polar surface area (TPSA) is 17.1 Å². The Labute approximate surface area is 123 Å². The van der Waals surface area contributed by atoms with E-state index in [0.29, 0.717) is 0 Å². The molecule has 0 N–H and O–H groups in total. The molecule has 0 aliphatic heterocycles. The molecule has 2 aromatic rings. The molecule has 0 fully saturated rings. The molecule has 1 nitrogen and oxygen atoms in total. The minimum absolute atomic E-state index is 0.743. The molecule has 0 aliphatic rings. The fraction of sp³-hybridized carbons (Fsp3) is 0.250. The van der Waals surface area contributed by atoms with E-state index in [0.717, 1.165) is 34.9 Å². The van der Waals surface area contributed by atoms with Gasteiger partial charge in [0.25, 0.3) is 0 Å². The van der Waals surface area contributed by atoms with Crippen molar-refractivity contribution in [3.05, 3.63) is 60.7 Å². The van der Waals surface area contributed by atoms with Gasteiger partial charge in [-0.15, -0.1) is 0 Å². The molecule has 0 spiro atoms. The van der Waals surface area contributed by atoms with Crippen molar-refractivity contribution >= 4 is 33.7 Å². The highest BCUT2D eigenvalue weighted by atomic mass is 79.9. The Hall–Kier alpha value is -0.850. The summed E-state index contributed by atoms with van der Waals surface area (Å²) in [4.78, 5) is 0. The van der Waals surface area contributed by atoms with Crippen molar-refractivity contribution in [1.82, 2.24) is 0 Å². The second-order valence-electron chi connectivity index (χ2n) is 4.53. The van der Waals surface area contributed by atoms with Crippen LogP contribution in [0.15, 0.2) is 60.7 Å². The van der Waals surface area contributed by atoms with E-state index in [1.165, 1.54) is 0 Å². The Morgan fingerprint density at radius 1 is 0.789 bits per heavy atom. The molecular weight excluding hydrogens is 319 g/mol. The summed E-state index contributed by atoms with van der Waals surface area (Å²) < 4.78 is 13.5. The van der Waals surface area contributed by atoms with Gasteiger partial charge in [-0.2, -0.15) is 0 Å². The van der Waals surface area contributed by atoms with Crippen molar-refractivity contribution in [2.24, 2.45) is 0 Å². The average molecular weight is 337 g/mol. The maximum absolute atomic E-state index is 13.5. The molecule has 0 amide bonds. The summed E-state index contributed by atoms with van der Waals surface area (Å²) >= 11 is 3.44. The molecule has 2 rings (SSSR count). The fourth-order valence-corrected chi connectivity index (χ4v) is 5.36. The van der Waals surface area contributed by atoms with Gasteiger partial charge < -0.3 is 4.57 Å². The number of alkyl halides is 1. The van der Waals surface area contributed by atoms with Crippen molar-refractivity contribution in [1.29, 1.82) is 0 Å². The van der Waals surface area contributed by atoms with E-state index in [4.69, 9.17) is 0 Å². The van der Waals surface area contributed by atoms with E-state index in [1.807, 2.05) is 60.7 Å². The molecule has 2 aromatic carbocycles. The lowest BCUT2D eigenvalue weighted by atomic mass is 10.4. The zero-order valence-corrected chi connectivity index (χ0v) is 13.3. The molecule has 0 heterocycles.